The van der Waals surface area contributed by atoms with E-state index in [0.29, 0.717) is 18.8 Å². The number of ether oxygens (including phenoxy) is 1. The third-order valence-electron chi connectivity index (χ3n) is 4.45. The number of hydrazone groups is 1. The van der Waals surface area contributed by atoms with Crippen molar-refractivity contribution in [2.45, 2.75) is 0 Å². The molecule has 0 spiro atoms. The van der Waals surface area contributed by atoms with Gasteiger partial charge in [-0.05, 0) is 24.3 Å². The average Bonchev–Trinajstić information content (AvgIpc) is 3.19. The number of aromatic nitrogens is 1. The van der Waals surface area contributed by atoms with Crippen LogP contribution in [0, 0.1) is 0 Å². The van der Waals surface area contributed by atoms with E-state index in [9.17, 15) is 9.90 Å². The Kier molecular flexibility index (Phi) is 5.83. The molecule has 2 heterocycles. The highest BCUT2D eigenvalue weighted by Gasteiger charge is 2.18. The van der Waals surface area contributed by atoms with Crippen molar-refractivity contribution in [3.8, 4) is 17.0 Å². The van der Waals surface area contributed by atoms with Crippen LogP contribution in [-0.2, 0) is 4.74 Å². The Labute approximate surface area is 172 Å². The molecule has 1 amide bonds. The maximum absolute atomic E-state index is 12.2. The fourth-order valence-corrected chi connectivity index (χ4v) is 3.94. The number of nitrogens with zero attached hydrogens (tertiary/aromatic N) is 3. The van der Waals surface area contributed by atoms with Gasteiger partial charge in [0.25, 0.3) is 5.91 Å². The number of nitrogens with one attached hydrogen (secondary N) is 1. The Balaban J connectivity index is 1.56. The first-order valence-electron chi connectivity index (χ1n) is 9.22. The van der Waals surface area contributed by atoms with Crippen molar-refractivity contribution < 1.29 is 14.6 Å². The molecular weight excluding hydrogens is 388 g/mol. The normalized spacial score (nSPS) is 14.3. The number of aromatic hydroxyl groups is 1. The number of morpholine rings is 1. The van der Waals surface area contributed by atoms with E-state index < -0.39 is 0 Å². The quantitative estimate of drug-likeness (QED) is 0.500. The topological polar surface area (TPSA) is 87.1 Å². The molecule has 3 aromatic rings. The number of thiazole rings is 1. The summed E-state index contributed by atoms with van der Waals surface area (Å²) in [6.45, 7) is 2.98. The molecule has 0 bridgehead atoms. The third kappa shape index (κ3) is 4.61. The number of benzene rings is 2. The van der Waals surface area contributed by atoms with E-state index in [1.165, 1.54) is 23.5 Å². The van der Waals surface area contributed by atoms with Crippen molar-refractivity contribution in [2.24, 2.45) is 5.10 Å². The molecule has 1 fully saturated rings. The Morgan fingerprint density at radius 2 is 1.86 bits per heavy atom. The molecule has 1 aliphatic heterocycles. The minimum Gasteiger partial charge on any atom is -0.508 e. The molecule has 148 valence electrons. The summed E-state index contributed by atoms with van der Waals surface area (Å²) in [6, 6.07) is 15.9. The van der Waals surface area contributed by atoms with E-state index >= 15 is 0 Å². The fourth-order valence-electron chi connectivity index (χ4n) is 2.93. The van der Waals surface area contributed by atoms with Crippen LogP contribution in [0.3, 0.4) is 0 Å². The first-order valence-corrected chi connectivity index (χ1v) is 10.0. The van der Waals surface area contributed by atoms with Crippen molar-refractivity contribution >= 4 is 28.6 Å². The van der Waals surface area contributed by atoms with Gasteiger partial charge in [0.1, 0.15) is 5.75 Å². The zero-order chi connectivity index (χ0) is 20.1. The maximum atomic E-state index is 12.2. The standard InChI is InChI=1S/C21H20N4O3S/c26-17-8-6-16(7-9-17)20(27)24-22-14-18-19(15-4-2-1-3-5-15)23-21(29-18)25-10-12-28-13-11-25/h1-9,14,26H,10-13H2,(H,24,27). The molecule has 1 aliphatic rings. The second-order valence-corrected chi connectivity index (χ2v) is 7.43. The largest absolute Gasteiger partial charge is 0.508 e. The van der Waals surface area contributed by atoms with Gasteiger partial charge in [0, 0.05) is 24.2 Å². The number of phenols is 1. The number of amides is 1. The summed E-state index contributed by atoms with van der Waals surface area (Å²) in [5.74, 6) is -0.238. The monoisotopic (exact) mass is 408 g/mol. The van der Waals surface area contributed by atoms with Gasteiger partial charge in [0.2, 0.25) is 0 Å². The molecule has 0 radical (unpaired) electrons. The Hall–Kier alpha value is -3.23. The van der Waals surface area contributed by atoms with E-state index in [0.717, 1.165) is 34.4 Å². The van der Waals surface area contributed by atoms with Crippen molar-refractivity contribution in [1.29, 1.82) is 0 Å². The molecule has 8 heteroatoms. The lowest BCUT2D eigenvalue weighted by atomic mass is 10.1. The van der Waals surface area contributed by atoms with Crippen molar-refractivity contribution in [2.75, 3.05) is 31.2 Å². The number of carbonyl (C=O) groups is 1. The van der Waals surface area contributed by atoms with Crippen LogP contribution in [0.5, 0.6) is 5.75 Å². The second kappa shape index (κ2) is 8.85. The molecule has 1 saturated heterocycles. The second-order valence-electron chi connectivity index (χ2n) is 6.42. The predicted molar refractivity (Wildman–Crippen MR) is 114 cm³/mol. The highest BCUT2D eigenvalue weighted by Crippen LogP contribution is 2.32. The van der Waals surface area contributed by atoms with Gasteiger partial charge in [0.15, 0.2) is 5.13 Å². The molecule has 4 rings (SSSR count). The van der Waals surface area contributed by atoms with E-state index in [1.54, 1.807) is 18.3 Å². The average molecular weight is 408 g/mol. The van der Waals surface area contributed by atoms with Gasteiger partial charge in [-0.25, -0.2) is 10.4 Å². The van der Waals surface area contributed by atoms with Crippen molar-refractivity contribution in [3.05, 3.63) is 65.0 Å². The van der Waals surface area contributed by atoms with Crippen LogP contribution in [0.25, 0.3) is 11.3 Å². The lowest BCUT2D eigenvalue weighted by molar-refractivity contribution is 0.0955. The lowest BCUT2D eigenvalue weighted by Crippen LogP contribution is -2.36. The molecular formula is C21H20N4O3S. The van der Waals surface area contributed by atoms with E-state index in [2.05, 4.69) is 15.4 Å². The SMILES string of the molecule is O=C(NN=Cc1sc(N2CCOCC2)nc1-c1ccccc1)c1ccc(O)cc1. The number of anilines is 1. The van der Waals surface area contributed by atoms with Crippen LogP contribution in [-0.4, -0.2) is 48.5 Å². The zero-order valence-electron chi connectivity index (χ0n) is 15.6. The first-order chi connectivity index (χ1) is 14.2. The molecule has 0 atom stereocenters. The molecule has 0 aliphatic carbocycles. The van der Waals surface area contributed by atoms with E-state index in [1.807, 2.05) is 30.3 Å². The van der Waals surface area contributed by atoms with Crippen LogP contribution in [0.1, 0.15) is 15.2 Å². The summed E-state index contributed by atoms with van der Waals surface area (Å²) < 4.78 is 5.43. The summed E-state index contributed by atoms with van der Waals surface area (Å²) in [5.41, 5.74) is 4.77. The van der Waals surface area contributed by atoms with Crippen LogP contribution in [0.15, 0.2) is 59.7 Å². The summed E-state index contributed by atoms with van der Waals surface area (Å²) in [7, 11) is 0. The summed E-state index contributed by atoms with van der Waals surface area (Å²) in [5, 5.41) is 14.4. The number of hydrogen-bond acceptors (Lipinski definition) is 7. The van der Waals surface area contributed by atoms with Gasteiger partial charge in [-0.2, -0.15) is 5.10 Å². The van der Waals surface area contributed by atoms with E-state index in [4.69, 9.17) is 9.72 Å². The van der Waals surface area contributed by atoms with Crippen LogP contribution < -0.4 is 10.3 Å². The number of rotatable bonds is 5. The molecule has 0 unspecified atom stereocenters. The van der Waals surface area contributed by atoms with Gasteiger partial charge in [-0.1, -0.05) is 41.7 Å². The van der Waals surface area contributed by atoms with Gasteiger partial charge in [0.05, 0.1) is 30.0 Å². The minimum absolute atomic E-state index is 0.109. The minimum atomic E-state index is -0.347. The molecule has 1 aromatic heterocycles. The smallest absolute Gasteiger partial charge is 0.271 e. The first kappa shape index (κ1) is 19.1. The van der Waals surface area contributed by atoms with E-state index in [-0.39, 0.29) is 11.7 Å². The lowest BCUT2D eigenvalue weighted by Gasteiger charge is -2.26. The van der Waals surface area contributed by atoms with Crippen LogP contribution >= 0.6 is 11.3 Å². The Morgan fingerprint density at radius 3 is 2.59 bits per heavy atom. The molecule has 29 heavy (non-hydrogen) atoms. The summed E-state index contributed by atoms with van der Waals surface area (Å²) in [6.07, 6.45) is 1.63. The van der Waals surface area contributed by atoms with Crippen molar-refractivity contribution in [1.82, 2.24) is 10.4 Å². The third-order valence-corrected chi connectivity index (χ3v) is 5.50. The van der Waals surface area contributed by atoms with Gasteiger partial charge >= 0.3 is 0 Å². The zero-order valence-corrected chi connectivity index (χ0v) is 16.4. The summed E-state index contributed by atoms with van der Waals surface area (Å²) in [4.78, 5) is 20.1. The Bertz CT molecular complexity index is 997. The number of hydrogen-bond donors (Lipinski definition) is 2. The highest BCUT2D eigenvalue weighted by atomic mass is 32.1. The molecule has 2 aromatic carbocycles. The molecule has 2 N–H and O–H groups in total. The van der Waals surface area contributed by atoms with Crippen LogP contribution in [0.4, 0.5) is 5.13 Å². The maximum Gasteiger partial charge on any atom is 0.271 e. The van der Waals surface area contributed by atoms with Crippen LogP contribution in [0.2, 0.25) is 0 Å². The highest BCUT2D eigenvalue weighted by molar-refractivity contribution is 7.17. The van der Waals surface area contributed by atoms with Gasteiger partial charge in [-0.3, -0.25) is 4.79 Å². The molecule has 0 saturated carbocycles. The predicted octanol–water partition coefficient (Wildman–Crippen LogP) is 3.12. The fraction of sp³-hybridized carbons (Fsp3) is 0.190. The Morgan fingerprint density at radius 1 is 1.14 bits per heavy atom. The van der Waals surface area contributed by atoms with Crippen molar-refractivity contribution in [3.63, 3.8) is 0 Å². The van der Waals surface area contributed by atoms with Gasteiger partial charge < -0.3 is 14.7 Å². The number of phenolic OH excluding ortho intramolecular Hbond substituents is 1. The number of carbonyl (C=O) groups excluding carboxylic acids is 1. The summed E-state index contributed by atoms with van der Waals surface area (Å²) >= 11 is 1.54. The molecule has 7 nitrogen and oxygen atoms in total. The van der Waals surface area contributed by atoms with Gasteiger partial charge in [-0.15, -0.1) is 0 Å².